The molecule has 0 aliphatic carbocycles. The molecule has 0 radical (unpaired) electrons. The quantitative estimate of drug-likeness (QED) is 0.655. The number of benzene rings is 1. The lowest BCUT2D eigenvalue weighted by Gasteiger charge is -2.57. The first-order chi connectivity index (χ1) is 15.8. The van der Waals surface area contributed by atoms with Gasteiger partial charge in [-0.25, -0.2) is 10.0 Å². The number of para-hydroxylation sites is 1. The number of aromatic nitrogens is 2. The van der Waals surface area contributed by atoms with Crippen molar-refractivity contribution in [3.8, 4) is 0 Å². The average Bonchev–Trinajstić information content (AvgIpc) is 3.48. The van der Waals surface area contributed by atoms with E-state index in [4.69, 9.17) is 9.57 Å². The fourth-order valence-electron chi connectivity index (χ4n) is 5.75. The number of hydroxylamine groups is 1. The Hall–Kier alpha value is -3.59. The molecule has 4 heterocycles. The number of amides is 2. The molecule has 1 saturated heterocycles. The van der Waals surface area contributed by atoms with Crippen molar-refractivity contribution >= 4 is 17.5 Å². The number of hydrogen-bond donors (Lipinski definition) is 2. The second-order valence-electron chi connectivity index (χ2n) is 9.07. The van der Waals surface area contributed by atoms with E-state index >= 15 is 0 Å². The van der Waals surface area contributed by atoms with Crippen LogP contribution in [0.5, 0.6) is 0 Å². The van der Waals surface area contributed by atoms with Crippen LogP contribution >= 0.6 is 0 Å². The number of anilines is 1. The molecule has 33 heavy (non-hydrogen) atoms. The number of carbonyl (C=O) groups is 2. The van der Waals surface area contributed by atoms with Gasteiger partial charge in [-0.05, 0) is 17.7 Å². The summed E-state index contributed by atoms with van der Waals surface area (Å²) in [6, 6.07) is 6.94. The first-order valence-electron chi connectivity index (χ1n) is 10.8. The van der Waals surface area contributed by atoms with Gasteiger partial charge in [0.25, 0.3) is 5.91 Å². The summed E-state index contributed by atoms with van der Waals surface area (Å²) in [6.45, 7) is 8.17. The summed E-state index contributed by atoms with van der Waals surface area (Å²) in [5.74, 6) is -1.89. The van der Waals surface area contributed by atoms with E-state index in [0.29, 0.717) is 0 Å². The lowest BCUT2D eigenvalue weighted by Crippen LogP contribution is -2.77. The molecule has 3 aliphatic rings. The molecule has 0 saturated carbocycles. The van der Waals surface area contributed by atoms with Gasteiger partial charge in [0.1, 0.15) is 6.04 Å². The third kappa shape index (κ3) is 2.37. The smallest absolute Gasteiger partial charge is 0.292 e. The number of fused-ring (bicyclic) bond motifs is 2. The Bertz CT molecular complexity index is 1170. The number of hydrogen-bond acceptors (Lipinski definition) is 6. The minimum atomic E-state index is -1.37. The number of H-pyrrole nitrogens is 1. The Morgan fingerprint density at radius 2 is 2.03 bits per heavy atom. The Balaban J connectivity index is 1.86. The lowest BCUT2D eigenvalue weighted by atomic mass is 9.57. The number of imidazole rings is 1. The van der Waals surface area contributed by atoms with Gasteiger partial charge in [0.2, 0.25) is 11.7 Å². The van der Waals surface area contributed by atoms with E-state index in [1.165, 1.54) is 14.2 Å². The molecule has 5 rings (SSSR count). The van der Waals surface area contributed by atoms with Crippen molar-refractivity contribution in [1.29, 1.82) is 0 Å². The highest BCUT2D eigenvalue weighted by Gasteiger charge is 2.77. The minimum absolute atomic E-state index is 0.166. The van der Waals surface area contributed by atoms with Gasteiger partial charge in [-0.3, -0.25) is 19.3 Å². The van der Waals surface area contributed by atoms with Crippen LogP contribution in [0.3, 0.4) is 0 Å². The number of allylic oxidation sites excluding steroid dienone is 1. The molecule has 3 aliphatic heterocycles. The second kappa shape index (κ2) is 6.95. The maximum atomic E-state index is 13.8. The Morgan fingerprint density at radius 1 is 1.27 bits per heavy atom. The van der Waals surface area contributed by atoms with Crippen molar-refractivity contribution in [2.45, 2.75) is 37.5 Å². The van der Waals surface area contributed by atoms with E-state index in [2.05, 4.69) is 21.9 Å². The summed E-state index contributed by atoms with van der Waals surface area (Å²) in [5.41, 5.74) is 0.776. The fourth-order valence-corrected chi connectivity index (χ4v) is 5.75. The highest BCUT2D eigenvalue weighted by atomic mass is 16.7. The molecular weight excluding hydrogens is 422 g/mol. The third-order valence-corrected chi connectivity index (χ3v) is 7.33. The van der Waals surface area contributed by atoms with E-state index in [0.717, 1.165) is 16.9 Å². The van der Waals surface area contributed by atoms with Crippen molar-refractivity contribution in [2.75, 3.05) is 19.3 Å². The molecule has 0 bridgehead atoms. The van der Waals surface area contributed by atoms with Crippen LogP contribution in [0.4, 0.5) is 5.69 Å². The van der Waals surface area contributed by atoms with Crippen LogP contribution in [-0.4, -0.2) is 52.7 Å². The van der Waals surface area contributed by atoms with Crippen LogP contribution < -0.4 is 10.4 Å². The molecule has 9 heteroatoms. The molecule has 2 N–H and O–H groups in total. The van der Waals surface area contributed by atoms with Crippen LogP contribution in [0.1, 0.15) is 25.1 Å². The van der Waals surface area contributed by atoms with Crippen molar-refractivity contribution in [3.05, 3.63) is 72.5 Å². The van der Waals surface area contributed by atoms with Gasteiger partial charge < -0.3 is 15.0 Å². The van der Waals surface area contributed by atoms with E-state index in [1.54, 1.807) is 22.5 Å². The predicted octanol–water partition coefficient (Wildman–Crippen LogP) is 2.01. The molecule has 1 aromatic carbocycles. The van der Waals surface area contributed by atoms with Crippen molar-refractivity contribution < 1.29 is 19.2 Å². The van der Waals surface area contributed by atoms with E-state index in [1.807, 2.05) is 50.3 Å². The number of nitrogens with zero attached hydrogens (tertiary/aromatic N) is 3. The lowest BCUT2D eigenvalue weighted by molar-refractivity contribution is -0.152. The zero-order valence-corrected chi connectivity index (χ0v) is 19.1. The summed E-state index contributed by atoms with van der Waals surface area (Å²) in [5, 5.41) is 4.82. The first kappa shape index (κ1) is 21.3. The summed E-state index contributed by atoms with van der Waals surface area (Å²) in [4.78, 5) is 42.0. The van der Waals surface area contributed by atoms with Gasteiger partial charge in [0.05, 0.1) is 31.6 Å². The van der Waals surface area contributed by atoms with Crippen LogP contribution in [0, 0.1) is 5.41 Å². The number of ether oxygens (including phenoxy) is 1. The number of aromatic amines is 1. The normalized spacial score (nSPS) is 28.1. The third-order valence-electron chi connectivity index (χ3n) is 7.33. The SMILES string of the molecule is C=CC(C)(C)[C@@]12C=C(OC)C(=O)N3C(Cc4cnc[nH]4)C(=O)N[C@]31N(OC)c1ccccc12. The molecule has 1 spiro atoms. The Kier molecular flexibility index (Phi) is 4.48. The molecule has 1 fully saturated rings. The van der Waals surface area contributed by atoms with Crippen molar-refractivity contribution in [2.24, 2.45) is 5.41 Å². The highest BCUT2D eigenvalue weighted by Crippen LogP contribution is 2.64. The van der Waals surface area contributed by atoms with Gasteiger partial charge >= 0.3 is 0 Å². The zero-order valence-electron chi connectivity index (χ0n) is 19.1. The fraction of sp³-hybridized carbons (Fsp3) is 0.375. The molecule has 9 nitrogen and oxygen atoms in total. The van der Waals surface area contributed by atoms with Crippen LogP contribution in [0.2, 0.25) is 0 Å². The Labute approximate surface area is 192 Å². The molecule has 2 aromatic rings. The summed E-state index contributed by atoms with van der Waals surface area (Å²) >= 11 is 0. The van der Waals surface area contributed by atoms with Gasteiger partial charge in [0.15, 0.2) is 5.76 Å². The first-order valence-corrected chi connectivity index (χ1v) is 10.8. The number of rotatable bonds is 6. The van der Waals surface area contributed by atoms with E-state index in [9.17, 15) is 9.59 Å². The van der Waals surface area contributed by atoms with Crippen molar-refractivity contribution in [1.82, 2.24) is 20.2 Å². The largest absolute Gasteiger partial charge is 0.491 e. The summed E-state index contributed by atoms with van der Waals surface area (Å²) < 4.78 is 5.60. The average molecular weight is 450 g/mol. The summed E-state index contributed by atoms with van der Waals surface area (Å²) in [6.07, 6.45) is 7.13. The van der Waals surface area contributed by atoms with E-state index < -0.39 is 28.6 Å². The molecule has 1 unspecified atom stereocenters. The van der Waals surface area contributed by atoms with Gasteiger partial charge in [-0.15, -0.1) is 6.58 Å². The van der Waals surface area contributed by atoms with Gasteiger partial charge in [0, 0.05) is 23.7 Å². The van der Waals surface area contributed by atoms with Crippen LogP contribution in [0.25, 0.3) is 0 Å². The molecule has 3 atom stereocenters. The monoisotopic (exact) mass is 449 g/mol. The highest BCUT2D eigenvalue weighted by molar-refractivity contribution is 6.03. The Morgan fingerprint density at radius 3 is 2.67 bits per heavy atom. The van der Waals surface area contributed by atoms with Gasteiger partial charge in [-0.2, -0.15) is 0 Å². The maximum Gasteiger partial charge on any atom is 0.292 e. The van der Waals surface area contributed by atoms with E-state index in [-0.39, 0.29) is 18.1 Å². The van der Waals surface area contributed by atoms with Crippen molar-refractivity contribution in [3.63, 3.8) is 0 Å². The number of carbonyl (C=O) groups excluding carboxylic acids is 2. The number of nitrogens with one attached hydrogen (secondary N) is 2. The molecular formula is C24H27N5O4. The van der Waals surface area contributed by atoms with Crippen LogP contribution in [-0.2, 0) is 31.0 Å². The van der Waals surface area contributed by atoms with Crippen LogP contribution in [0.15, 0.2) is 61.3 Å². The second-order valence-corrected chi connectivity index (χ2v) is 9.07. The number of methoxy groups -OCH3 is 1. The molecule has 2 amide bonds. The molecule has 172 valence electrons. The zero-order chi connectivity index (χ0) is 23.6. The summed E-state index contributed by atoms with van der Waals surface area (Å²) in [7, 11) is 3.00. The predicted molar refractivity (Wildman–Crippen MR) is 120 cm³/mol. The standard InChI is InChI=1S/C24H27N5O4/c1-6-22(2,3)23-12-19(32-4)21(31)28-18(11-15-13-25-14-26-15)20(30)27-24(23,28)29(33-5)17-10-8-7-9-16(17)23/h6-10,12-14,18H,1,11H2,2-5H3,(H,25,26)(H,27,30)/t18?,23-,24-/m0/s1. The minimum Gasteiger partial charge on any atom is -0.491 e. The molecule has 1 aromatic heterocycles. The maximum absolute atomic E-state index is 13.8. The van der Waals surface area contributed by atoms with Gasteiger partial charge in [-0.1, -0.05) is 38.1 Å². The topological polar surface area (TPSA) is 99.8 Å².